The number of hydrogen-bond donors (Lipinski definition) is 1. The molecule has 0 spiro atoms. The van der Waals surface area contributed by atoms with Crippen LogP contribution < -0.4 is 14.8 Å². The Kier molecular flexibility index (Phi) is 6.09. The standard InChI is InChI=1S/C22H26N2O4/c25-22(9-6-17-4-2-1-3-5-17)23-15-19(24-10-12-26-13-11-24)18-7-8-20-21(14-18)28-16-27-20/h1-5,7-8,14,19H,6,9-13,15-16H2,(H,23,25). The Hall–Kier alpha value is -2.57. The van der Waals surface area contributed by atoms with Crippen LogP contribution in [0.3, 0.4) is 0 Å². The minimum atomic E-state index is 0.0721. The van der Waals surface area contributed by atoms with Crippen LogP contribution in [0.25, 0.3) is 0 Å². The molecule has 0 aromatic heterocycles. The molecule has 1 atom stereocenters. The lowest BCUT2D eigenvalue weighted by atomic mass is 10.0. The van der Waals surface area contributed by atoms with Crippen LogP contribution in [0.1, 0.15) is 23.6 Å². The maximum Gasteiger partial charge on any atom is 0.231 e. The second kappa shape index (κ2) is 9.08. The fourth-order valence-corrected chi connectivity index (χ4v) is 3.67. The summed E-state index contributed by atoms with van der Waals surface area (Å²) in [4.78, 5) is 14.8. The summed E-state index contributed by atoms with van der Waals surface area (Å²) in [5, 5.41) is 3.12. The first kappa shape index (κ1) is 18.8. The minimum absolute atomic E-state index is 0.0721. The van der Waals surface area contributed by atoms with Gasteiger partial charge < -0.3 is 19.5 Å². The summed E-state index contributed by atoms with van der Waals surface area (Å²) in [7, 11) is 0. The Morgan fingerprint density at radius 1 is 1.04 bits per heavy atom. The molecule has 0 radical (unpaired) electrons. The number of carbonyl (C=O) groups is 1. The molecule has 28 heavy (non-hydrogen) atoms. The molecular formula is C22H26N2O4. The second-order valence-corrected chi connectivity index (χ2v) is 7.07. The Morgan fingerprint density at radius 2 is 1.82 bits per heavy atom. The zero-order chi connectivity index (χ0) is 19.2. The van der Waals surface area contributed by atoms with Crippen LogP contribution >= 0.6 is 0 Å². The molecule has 1 saturated heterocycles. The van der Waals surface area contributed by atoms with Crippen molar-refractivity contribution in [1.82, 2.24) is 10.2 Å². The number of nitrogens with one attached hydrogen (secondary N) is 1. The number of rotatable bonds is 7. The zero-order valence-electron chi connectivity index (χ0n) is 15.9. The van der Waals surface area contributed by atoms with Crippen LogP contribution in [0, 0.1) is 0 Å². The number of nitrogens with zero attached hydrogens (tertiary/aromatic N) is 1. The van der Waals surface area contributed by atoms with Gasteiger partial charge in [0.25, 0.3) is 0 Å². The largest absolute Gasteiger partial charge is 0.454 e. The molecule has 2 aliphatic heterocycles. The number of ether oxygens (including phenoxy) is 3. The van der Waals surface area contributed by atoms with E-state index in [1.165, 1.54) is 5.56 Å². The monoisotopic (exact) mass is 382 g/mol. The van der Waals surface area contributed by atoms with E-state index in [4.69, 9.17) is 14.2 Å². The van der Waals surface area contributed by atoms with Gasteiger partial charge in [-0.2, -0.15) is 0 Å². The fourth-order valence-electron chi connectivity index (χ4n) is 3.67. The fraction of sp³-hybridized carbons (Fsp3) is 0.409. The van der Waals surface area contributed by atoms with E-state index in [2.05, 4.69) is 28.4 Å². The molecule has 2 heterocycles. The van der Waals surface area contributed by atoms with Crippen molar-refractivity contribution in [3.8, 4) is 11.5 Å². The molecule has 6 nitrogen and oxygen atoms in total. The van der Waals surface area contributed by atoms with Crippen LogP contribution in [0.2, 0.25) is 0 Å². The van der Waals surface area contributed by atoms with Gasteiger partial charge >= 0.3 is 0 Å². The molecule has 148 valence electrons. The highest BCUT2D eigenvalue weighted by Gasteiger charge is 2.25. The average Bonchev–Trinajstić information content (AvgIpc) is 3.22. The van der Waals surface area contributed by atoms with E-state index in [9.17, 15) is 4.79 Å². The van der Waals surface area contributed by atoms with Crippen LogP contribution in [-0.2, 0) is 16.0 Å². The maximum absolute atomic E-state index is 12.4. The van der Waals surface area contributed by atoms with Gasteiger partial charge in [0.1, 0.15) is 0 Å². The van der Waals surface area contributed by atoms with Crippen LogP contribution in [-0.4, -0.2) is 50.4 Å². The SMILES string of the molecule is O=C(CCc1ccccc1)NCC(c1ccc2c(c1)OCO2)N1CCOCC1. The molecule has 0 saturated carbocycles. The lowest BCUT2D eigenvalue weighted by Crippen LogP contribution is -2.43. The summed E-state index contributed by atoms with van der Waals surface area (Å²) in [6.07, 6.45) is 1.24. The van der Waals surface area contributed by atoms with Crippen molar-refractivity contribution >= 4 is 5.91 Å². The van der Waals surface area contributed by atoms with E-state index in [0.29, 0.717) is 26.2 Å². The molecule has 1 fully saturated rings. The summed E-state index contributed by atoms with van der Waals surface area (Å²) >= 11 is 0. The third-order valence-corrected chi connectivity index (χ3v) is 5.24. The lowest BCUT2D eigenvalue weighted by molar-refractivity contribution is -0.121. The van der Waals surface area contributed by atoms with Crippen LogP contribution in [0.15, 0.2) is 48.5 Å². The summed E-state index contributed by atoms with van der Waals surface area (Å²) < 4.78 is 16.5. The Morgan fingerprint density at radius 3 is 2.64 bits per heavy atom. The summed E-state index contributed by atoms with van der Waals surface area (Å²) in [6, 6.07) is 16.2. The first-order valence-electron chi connectivity index (χ1n) is 9.81. The van der Waals surface area contributed by atoms with E-state index in [0.717, 1.165) is 36.6 Å². The lowest BCUT2D eigenvalue weighted by Gasteiger charge is -2.35. The average molecular weight is 382 g/mol. The molecule has 2 aromatic carbocycles. The predicted octanol–water partition coefficient (Wildman–Crippen LogP) is 2.54. The van der Waals surface area contributed by atoms with Gasteiger partial charge in [-0.1, -0.05) is 36.4 Å². The molecule has 1 amide bonds. The van der Waals surface area contributed by atoms with Crippen molar-refractivity contribution in [3.05, 3.63) is 59.7 Å². The van der Waals surface area contributed by atoms with Gasteiger partial charge in [0, 0.05) is 26.1 Å². The summed E-state index contributed by atoms with van der Waals surface area (Å²) in [6.45, 7) is 3.94. The first-order chi connectivity index (χ1) is 13.8. The molecule has 1 N–H and O–H groups in total. The summed E-state index contributed by atoms with van der Waals surface area (Å²) in [5.41, 5.74) is 2.30. The van der Waals surface area contributed by atoms with Gasteiger partial charge in [-0.15, -0.1) is 0 Å². The Balaban J connectivity index is 1.40. The predicted molar refractivity (Wildman–Crippen MR) is 105 cm³/mol. The van der Waals surface area contributed by atoms with Crippen molar-refractivity contribution in [3.63, 3.8) is 0 Å². The molecule has 0 bridgehead atoms. The highest BCUT2D eigenvalue weighted by molar-refractivity contribution is 5.76. The zero-order valence-corrected chi connectivity index (χ0v) is 15.9. The van der Waals surface area contributed by atoms with E-state index in [-0.39, 0.29) is 18.7 Å². The van der Waals surface area contributed by atoms with Gasteiger partial charge in [0.2, 0.25) is 12.7 Å². The minimum Gasteiger partial charge on any atom is -0.454 e. The molecule has 2 aromatic rings. The van der Waals surface area contributed by atoms with Gasteiger partial charge in [-0.05, 0) is 29.7 Å². The van der Waals surface area contributed by atoms with E-state index < -0.39 is 0 Å². The quantitative estimate of drug-likeness (QED) is 0.798. The number of morpholine rings is 1. The van der Waals surface area contributed by atoms with Crippen molar-refractivity contribution in [1.29, 1.82) is 0 Å². The topological polar surface area (TPSA) is 60.0 Å². The Bertz CT molecular complexity index is 790. The van der Waals surface area contributed by atoms with Crippen molar-refractivity contribution in [2.24, 2.45) is 0 Å². The number of benzene rings is 2. The van der Waals surface area contributed by atoms with E-state index in [1.54, 1.807) is 0 Å². The third-order valence-electron chi connectivity index (χ3n) is 5.24. The normalized spacial score (nSPS) is 17.3. The highest BCUT2D eigenvalue weighted by Crippen LogP contribution is 2.35. The molecule has 1 unspecified atom stereocenters. The van der Waals surface area contributed by atoms with Crippen molar-refractivity contribution in [2.75, 3.05) is 39.6 Å². The molecule has 2 aliphatic rings. The van der Waals surface area contributed by atoms with Gasteiger partial charge in [-0.25, -0.2) is 0 Å². The molecule has 0 aliphatic carbocycles. The van der Waals surface area contributed by atoms with Crippen LogP contribution in [0.5, 0.6) is 11.5 Å². The number of fused-ring (bicyclic) bond motifs is 1. The van der Waals surface area contributed by atoms with Crippen molar-refractivity contribution in [2.45, 2.75) is 18.9 Å². The molecule has 4 rings (SSSR count). The van der Waals surface area contributed by atoms with Gasteiger partial charge in [0.15, 0.2) is 11.5 Å². The molecular weight excluding hydrogens is 356 g/mol. The smallest absolute Gasteiger partial charge is 0.231 e. The number of aryl methyl sites for hydroxylation is 1. The van der Waals surface area contributed by atoms with E-state index in [1.807, 2.05) is 30.3 Å². The maximum atomic E-state index is 12.4. The summed E-state index contributed by atoms with van der Waals surface area (Å²) in [5.74, 6) is 1.62. The first-order valence-corrected chi connectivity index (χ1v) is 9.81. The number of hydrogen-bond acceptors (Lipinski definition) is 5. The molecule has 6 heteroatoms. The Labute approximate surface area is 165 Å². The van der Waals surface area contributed by atoms with Crippen LogP contribution in [0.4, 0.5) is 0 Å². The van der Waals surface area contributed by atoms with Crippen molar-refractivity contribution < 1.29 is 19.0 Å². The number of carbonyl (C=O) groups excluding carboxylic acids is 1. The second-order valence-electron chi connectivity index (χ2n) is 7.07. The van der Waals surface area contributed by atoms with E-state index >= 15 is 0 Å². The number of amides is 1. The highest BCUT2D eigenvalue weighted by atomic mass is 16.7. The van der Waals surface area contributed by atoms with Gasteiger partial charge in [-0.3, -0.25) is 9.69 Å². The third kappa shape index (κ3) is 4.64. The van der Waals surface area contributed by atoms with Gasteiger partial charge in [0.05, 0.1) is 19.3 Å².